The summed E-state index contributed by atoms with van der Waals surface area (Å²) in [4.78, 5) is 19.5. The van der Waals surface area contributed by atoms with Crippen molar-refractivity contribution >= 4 is 5.91 Å². The smallest absolute Gasteiger partial charge is 0.237 e. The van der Waals surface area contributed by atoms with Crippen LogP contribution in [0, 0.1) is 0 Å². The Bertz CT molecular complexity index is 696. The highest BCUT2D eigenvalue weighted by Gasteiger charge is 2.32. The third-order valence-corrected chi connectivity index (χ3v) is 5.18. The molecule has 5 nitrogen and oxygen atoms in total. The van der Waals surface area contributed by atoms with Crippen molar-refractivity contribution in [1.29, 1.82) is 0 Å². The van der Waals surface area contributed by atoms with Gasteiger partial charge in [0.25, 0.3) is 0 Å². The van der Waals surface area contributed by atoms with Crippen molar-refractivity contribution in [1.82, 2.24) is 19.8 Å². The SMILES string of the molecule is O=C(N[C@@H]1CCc2nccn2C1)[C@@H]1CCCN1Cc1ccccc1. The number of nitrogens with zero attached hydrogens (tertiary/aromatic N) is 3. The van der Waals surface area contributed by atoms with Gasteiger partial charge in [-0.15, -0.1) is 0 Å². The summed E-state index contributed by atoms with van der Waals surface area (Å²) < 4.78 is 2.16. The van der Waals surface area contributed by atoms with Gasteiger partial charge in [-0.1, -0.05) is 30.3 Å². The number of aryl methyl sites for hydroxylation is 1. The second-order valence-corrected chi connectivity index (χ2v) is 6.85. The fourth-order valence-corrected chi connectivity index (χ4v) is 3.91. The number of hydrogen-bond acceptors (Lipinski definition) is 3. The minimum absolute atomic E-state index is 0.00869. The maximum absolute atomic E-state index is 12.8. The standard InChI is InChI=1S/C19H24N4O/c24-19(21-16-8-9-18-20-10-12-23(18)14-16)17-7-4-11-22(17)13-15-5-2-1-3-6-15/h1-3,5-6,10,12,16-17H,4,7-9,11,13-14H2,(H,21,24)/t16-,17+/m1/s1. The first-order valence-electron chi connectivity index (χ1n) is 8.88. The maximum Gasteiger partial charge on any atom is 0.237 e. The van der Waals surface area contributed by atoms with Crippen LogP contribution in [-0.2, 0) is 24.3 Å². The Hall–Kier alpha value is -2.14. The molecule has 1 aromatic heterocycles. The Morgan fingerprint density at radius 2 is 2.12 bits per heavy atom. The van der Waals surface area contributed by atoms with E-state index in [2.05, 4.69) is 44.0 Å². The van der Waals surface area contributed by atoms with Gasteiger partial charge in [0.1, 0.15) is 5.82 Å². The predicted octanol–water partition coefficient (Wildman–Crippen LogP) is 1.98. The van der Waals surface area contributed by atoms with E-state index in [4.69, 9.17) is 0 Å². The van der Waals surface area contributed by atoms with Crippen LogP contribution >= 0.6 is 0 Å². The number of rotatable bonds is 4. The number of amides is 1. The van der Waals surface area contributed by atoms with Gasteiger partial charge in [0.15, 0.2) is 0 Å². The number of imidazole rings is 1. The van der Waals surface area contributed by atoms with E-state index in [1.54, 1.807) is 0 Å². The first-order chi connectivity index (χ1) is 11.8. The number of benzene rings is 1. The van der Waals surface area contributed by atoms with Gasteiger partial charge in [0.2, 0.25) is 5.91 Å². The quantitative estimate of drug-likeness (QED) is 0.935. The Balaban J connectivity index is 1.37. The van der Waals surface area contributed by atoms with Crippen LogP contribution in [0.2, 0.25) is 0 Å². The molecule has 0 radical (unpaired) electrons. The molecule has 1 amide bonds. The van der Waals surface area contributed by atoms with Gasteiger partial charge in [-0.05, 0) is 31.4 Å². The molecule has 0 spiro atoms. The van der Waals surface area contributed by atoms with Crippen molar-refractivity contribution in [3.63, 3.8) is 0 Å². The van der Waals surface area contributed by atoms with E-state index in [0.29, 0.717) is 0 Å². The van der Waals surface area contributed by atoms with Gasteiger partial charge in [0.05, 0.1) is 6.04 Å². The molecule has 2 aliphatic rings. The minimum atomic E-state index is 0.00869. The summed E-state index contributed by atoms with van der Waals surface area (Å²) >= 11 is 0. The zero-order valence-corrected chi connectivity index (χ0v) is 13.9. The summed E-state index contributed by atoms with van der Waals surface area (Å²) in [6.07, 6.45) is 7.83. The van der Waals surface area contributed by atoms with Gasteiger partial charge in [0, 0.05) is 37.9 Å². The van der Waals surface area contributed by atoms with Crippen LogP contribution in [-0.4, -0.2) is 39.0 Å². The molecule has 3 heterocycles. The van der Waals surface area contributed by atoms with E-state index in [1.165, 1.54) is 5.56 Å². The lowest BCUT2D eigenvalue weighted by molar-refractivity contribution is -0.126. The number of hydrogen-bond donors (Lipinski definition) is 1. The summed E-state index contributed by atoms with van der Waals surface area (Å²) in [5, 5.41) is 3.28. The normalized spacial score (nSPS) is 23.8. The van der Waals surface area contributed by atoms with E-state index < -0.39 is 0 Å². The van der Waals surface area contributed by atoms with Gasteiger partial charge < -0.3 is 9.88 Å². The minimum Gasteiger partial charge on any atom is -0.350 e. The molecule has 1 fully saturated rings. The summed E-state index contributed by atoms with van der Waals surface area (Å²) in [7, 11) is 0. The zero-order chi connectivity index (χ0) is 16.4. The molecule has 1 aromatic carbocycles. The molecule has 0 bridgehead atoms. The molecule has 126 valence electrons. The number of nitrogens with one attached hydrogen (secondary N) is 1. The van der Waals surface area contributed by atoms with Gasteiger partial charge in [-0.3, -0.25) is 9.69 Å². The van der Waals surface area contributed by atoms with Crippen LogP contribution in [0.4, 0.5) is 0 Å². The molecule has 0 saturated carbocycles. The van der Waals surface area contributed by atoms with Crippen LogP contribution in [0.3, 0.4) is 0 Å². The molecule has 2 atom stereocenters. The molecule has 1 N–H and O–H groups in total. The lowest BCUT2D eigenvalue weighted by Crippen LogP contribution is -2.49. The molecule has 2 aromatic rings. The third-order valence-electron chi connectivity index (χ3n) is 5.18. The van der Waals surface area contributed by atoms with Crippen molar-refractivity contribution in [2.75, 3.05) is 6.54 Å². The summed E-state index contributed by atoms with van der Waals surface area (Å²) in [5.41, 5.74) is 1.28. The average molecular weight is 324 g/mol. The van der Waals surface area contributed by atoms with Gasteiger partial charge >= 0.3 is 0 Å². The number of carbonyl (C=O) groups excluding carboxylic acids is 1. The Labute approximate surface area is 142 Å². The third kappa shape index (κ3) is 3.22. The molecule has 5 heteroatoms. The predicted molar refractivity (Wildman–Crippen MR) is 92.4 cm³/mol. The van der Waals surface area contributed by atoms with Crippen molar-refractivity contribution in [3.05, 3.63) is 54.1 Å². The van der Waals surface area contributed by atoms with Crippen molar-refractivity contribution in [2.24, 2.45) is 0 Å². The lowest BCUT2D eigenvalue weighted by Gasteiger charge is -2.29. The fourth-order valence-electron chi connectivity index (χ4n) is 3.91. The highest BCUT2D eigenvalue weighted by molar-refractivity contribution is 5.82. The Kier molecular flexibility index (Phi) is 4.34. The van der Waals surface area contributed by atoms with Crippen molar-refractivity contribution in [3.8, 4) is 0 Å². The highest BCUT2D eigenvalue weighted by Crippen LogP contribution is 2.21. The first kappa shape index (κ1) is 15.4. The summed E-state index contributed by atoms with van der Waals surface area (Å²) in [5.74, 6) is 1.32. The van der Waals surface area contributed by atoms with Crippen molar-refractivity contribution in [2.45, 2.75) is 50.9 Å². The van der Waals surface area contributed by atoms with Crippen LogP contribution in [0.15, 0.2) is 42.7 Å². The molecule has 4 rings (SSSR count). The average Bonchev–Trinajstić information content (AvgIpc) is 3.24. The molecular weight excluding hydrogens is 300 g/mol. The second-order valence-electron chi connectivity index (χ2n) is 6.85. The summed E-state index contributed by atoms with van der Waals surface area (Å²) in [6.45, 7) is 2.70. The van der Waals surface area contributed by atoms with Gasteiger partial charge in [-0.2, -0.15) is 0 Å². The van der Waals surface area contributed by atoms with E-state index in [9.17, 15) is 4.79 Å². The largest absolute Gasteiger partial charge is 0.350 e. The maximum atomic E-state index is 12.8. The van der Waals surface area contributed by atoms with Gasteiger partial charge in [-0.25, -0.2) is 4.98 Å². The Morgan fingerprint density at radius 3 is 3.00 bits per heavy atom. The molecule has 2 aliphatic heterocycles. The monoisotopic (exact) mass is 324 g/mol. The van der Waals surface area contributed by atoms with E-state index in [0.717, 1.165) is 51.1 Å². The zero-order valence-electron chi connectivity index (χ0n) is 13.9. The number of likely N-dealkylation sites (tertiary alicyclic amines) is 1. The number of carbonyl (C=O) groups is 1. The van der Waals surface area contributed by atoms with Crippen molar-refractivity contribution < 1.29 is 4.79 Å². The number of aromatic nitrogens is 2. The first-order valence-corrected chi connectivity index (χ1v) is 8.88. The molecule has 24 heavy (non-hydrogen) atoms. The van der Waals surface area contributed by atoms with Crippen LogP contribution in [0.5, 0.6) is 0 Å². The van der Waals surface area contributed by atoms with Crippen LogP contribution < -0.4 is 5.32 Å². The molecular formula is C19H24N4O. The van der Waals surface area contributed by atoms with Crippen LogP contribution in [0.25, 0.3) is 0 Å². The fraction of sp³-hybridized carbons (Fsp3) is 0.474. The molecule has 0 aliphatic carbocycles. The summed E-state index contributed by atoms with van der Waals surface area (Å²) in [6, 6.07) is 10.7. The van der Waals surface area contributed by atoms with Crippen LogP contribution in [0.1, 0.15) is 30.7 Å². The Morgan fingerprint density at radius 1 is 1.25 bits per heavy atom. The lowest BCUT2D eigenvalue weighted by atomic mass is 10.1. The second kappa shape index (κ2) is 6.77. The van der Waals surface area contributed by atoms with E-state index >= 15 is 0 Å². The number of fused-ring (bicyclic) bond motifs is 1. The molecule has 1 saturated heterocycles. The topological polar surface area (TPSA) is 50.2 Å². The highest BCUT2D eigenvalue weighted by atomic mass is 16.2. The molecule has 0 unspecified atom stereocenters. The van der Waals surface area contributed by atoms with E-state index in [-0.39, 0.29) is 18.0 Å². The van der Waals surface area contributed by atoms with E-state index in [1.807, 2.05) is 18.5 Å².